The first kappa shape index (κ1) is 11.3. The van der Waals surface area contributed by atoms with Gasteiger partial charge in [0.2, 0.25) is 5.91 Å². The van der Waals surface area contributed by atoms with Crippen LogP contribution >= 0.6 is 15.9 Å². The number of rotatable bonds is 0. The molecule has 1 aromatic carbocycles. The Morgan fingerprint density at radius 2 is 2.11 bits per heavy atom. The van der Waals surface area contributed by atoms with E-state index in [9.17, 15) is 9.18 Å². The van der Waals surface area contributed by atoms with Gasteiger partial charge in [-0.3, -0.25) is 4.79 Å². The van der Waals surface area contributed by atoms with Crippen LogP contribution in [0.2, 0.25) is 0 Å². The molecular formula is C13H9BrFN3O. The predicted octanol–water partition coefficient (Wildman–Crippen LogP) is 2.91. The summed E-state index contributed by atoms with van der Waals surface area (Å²) in [5, 5.41) is 11.6. The van der Waals surface area contributed by atoms with Crippen LogP contribution in [0.5, 0.6) is 0 Å². The van der Waals surface area contributed by atoms with E-state index >= 15 is 0 Å². The lowest BCUT2D eigenvalue weighted by atomic mass is 9.65. The third kappa shape index (κ3) is 1.30. The van der Waals surface area contributed by atoms with Gasteiger partial charge >= 0.3 is 0 Å². The minimum atomic E-state index is -0.471. The van der Waals surface area contributed by atoms with Crippen LogP contribution in [0.25, 0.3) is 10.9 Å². The summed E-state index contributed by atoms with van der Waals surface area (Å²) in [7, 11) is 0. The number of carbonyl (C=O) groups excluding carboxylic acids is 1. The van der Waals surface area contributed by atoms with Gasteiger partial charge in [0.25, 0.3) is 0 Å². The van der Waals surface area contributed by atoms with Crippen molar-refractivity contribution in [2.24, 2.45) is 0 Å². The van der Waals surface area contributed by atoms with Crippen molar-refractivity contribution in [2.75, 3.05) is 5.32 Å². The van der Waals surface area contributed by atoms with E-state index in [-0.39, 0.29) is 11.7 Å². The van der Waals surface area contributed by atoms with Crippen molar-refractivity contribution >= 4 is 38.6 Å². The first-order valence-corrected chi connectivity index (χ1v) is 6.88. The number of hydrogen-bond donors (Lipinski definition) is 1. The Labute approximate surface area is 116 Å². The number of nitrogens with zero attached hydrogens (tertiary/aromatic N) is 2. The third-order valence-electron chi connectivity index (χ3n) is 4.15. The molecule has 4 rings (SSSR count). The lowest BCUT2D eigenvalue weighted by molar-refractivity contribution is -0.123. The van der Waals surface area contributed by atoms with E-state index in [1.54, 1.807) is 6.07 Å². The normalized spacial score (nSPS) is 19.4. The highest BCUT2D eigenvalue weighted by Crippen LogP contribution is 2.52. The smallest absolute Gasteiger partial charge is 0.236 e. The fourth-order valence-electron chi connectivity index (χ4n) is 3.02. The van der Waals surface area contributed by atoms with E-state index < -0.39 is 5.41 Å². The second-order valence-corrected chi connectivity index (χ2v) is 5.95. The molecule has 1 amide bonds. The van der Waals surface area contributed by atoms with Crippen molar-refractivity contribution in [1.82, 2.24) is 10.2 Å². The van der Waals surface area contributed by atoms with E-state index in [4.69, 9.17) is 0 Å². The van der Waals surface area contributed by atoms with Gasteiger partial charge in [-0.05, 0) is 34.8 Å². The Kier molecular flexibility index (Phi) is 2.08. The number of benzene rings is 1. The molecule has 0 radical (unpaired) electrons. The van der Waals surface area contributed by atoms with Gasteiger partial charge in [0.05, 0.1) is 15.4 Å². The van der Waals surface area contributed by atoms with E-state index in [2.05, 4.69) is 31.4 Å². The molecule has 0 unspecified atom stereocenters. The molecule has 1 N–H and O–H groups in total. The number of halogens is 2. The van der Waals surface area contributed by atoms with Crippen LogP contribution in [0.15, 0.2) is 16.6 Å². The van der Waals surface area contributed by atoms with Gasteiger partial charge in [0.1, 0.15) is 5.82 Å². The molecule has 1 fully saturated rings. The molecule has 1 aromatic heterocycles. The van der Waals surface area contributed by atoms with Crippen LogP contribution in [0.1, 0.15) is 24.8 Å². The Morgan fingerprint density at radius 1 is 1.32 bits per heavy atom. The highest BCUT2D eigenvalue weighted by atomic mass is 79.9. The average molecular weight is 322 g/mol. The van der Waals surface area contributed by atoms with Gasteiger partial charge in [-0.1, -0.05) is 6.42 Å². The number of fused-ring (bicyclic) bond motifs is 4. The topological polar surface area (TPSA) is 54.9 Å². The maximum Gasteiger partial charge on any atom is 0.236 e. The molecular weight excluding hydrogens is 313 g/mol. The molecule has 1 aliphatic carbocycles. The summed E-state index contributed by atoms with van der Waals surface area (Å²) in [5.41, 5.74) is 0.900. The Morgan fingerprint density at radius 3 is 2.79 bits per heavy atom. The molecule has 0 saturated heterocycles. The molecule has 2 aromatic rings. The van der Waals surface area contributed by atoms with Crippen molar-refractivity contribution in [1.29, 1.82) is 0 Å². The van der Waals surface area contributed by atoms with Gasteiger partial charge in [0, 0.05) is 17.0 Å². The summed E-state index contributed by atoms with van der Waals surface area (Å²) in [6.45, 7) is 0. The first-order chi connectivity index (χ1) is 9.12. The SMILES string of the molecule is O=C1Nc2nnc3cc(F)c(Br)cc3c2C12CCC2. The molecule has 1 aliphatic heterocycles. The second kappa shape index (κ2) is 3.50. The second-order valence-electron chi connectivity index (χ2n) is 5.10. The maximum absolute atomic E-state index is 13.6. The van der Waals surface area contributed by atoms with E-state index in [1.807, 2.05) is 0 Å². The number of aromatic nitrogens is 2. The van der Waals surface area contributed by atoms with Gasteiger partial charge in [-0.15, -0.1) is 10.2 Å². The summed E-state index contributed by atoms with van der Waals surface area (Å²) in [6, 6.07) is 3.04. The zero-order valence-corrected chi connectivity index (χ0v) is 11.4. The van der Waals surface area contributed by atoms with Crippen LogP contribution in [0, 0.1) is 5.82 Å². The van der Waals surface area contributed by atoms with Crippen LogP contribution in [-0.2, 0) is 10.2 Å². The number of anilines is 1. The highest BCUT2D eigenvalue weighted by Gasteiger charge is 2.52. The van der Waals surface area contributed by atoms with Crippen molar-refractivity contribution in [3.05, 3.63) is 28.0 Å². The van der Waals surface area contributed by atoms with Gasteiger partial charge in [-0.2, -0.15) is 0 Å². The summed E-state index contributed by atoms with van der Waals surface area (Å²) >= 11 is 3.19. The van der Waals surface area contributed by atoms with Gasteiger partial charge < -0.3 is 5.32 Å². The summed E-state index contributed by atoms with van der Waals surface area (Å²) in [6.07, 6.45) is 2.67. The van der Waals surface area contributed by atoms with Crippen LogP contribution in [-0.4, -0.2) is 16.1 Å². The van der Waals surface area contributed by atoms with Crippen LogP contribution in [0.3, 0.4) is 0 Å². The van der Waals surface area contributed by atoms with Crippen LogP contribution in [0.4, 0.5) is 10.2 Å². The molecule has 4 nitrogen and oxygen atoms in total. The maximum atomic E-state index is 13.6. The Balaban J connectivity index is 2.10. The van der Waals surface area contributed by atoms with Gasteiger partial charge in [-0.25, -0.2) is 4.39 Å². The number of hydrogen-bond acceptors (Lipinski definition) is 3. The average Bonchev–Trinajstić information content (AvgIpc) is 2.63. The molecule has 2 heterocycles. The number of carbonyl (C=O) groups is 1. The minimum absolute atomic E-state index is 0.00371. The van der Waals surface area contributed by atoms with Crippen LogP contribution < -0.4 is 5.32 Å². The van der Waals surface area contributed by atoms with Crippen molar-refractivity contribution in [3.63, 3.8) is 0 Å². The van der Waals surface area contributed by atoms with E-state index in [0.717, 1.165) is 30.2 Å². The Hall–Kier alpha value is -1.56. The van der Waals surface area contributed by atoms with Crippen molar-refractivity contribution in [2.45, 2.75) is 24.7 Å². The summed E-state index contributed by atoms with van der Waals surface area (Å²) in [5.74, 6) is 0.147. The third-order valence-corrected chi connectivity index (χ3v) is 4.76. The van der Waals surface area contributed by atoms with E-state index in [0.29, 0.717) is 15.8 Å². The zero-order chi connectivity index (χ0) is 13.2. The zero-order valence-electron chi connectivity index (χ0n) is 9.83. The first-order valence-electron chi connectivity index (χ1n) is 6.09. The monoisotopic (exact) mass is 321 g/mol. The lowest BCUT2D eigenvalue weighted by Gasteiger charge is -2.36. The predicted molar refractivity (Wildman–Crippen MR) is 71.4 cm³/mol. The molecule has 0 bridgehead atoms. The quantitative estimate of drug-likeness (QED) is 0.811. The van der Waals surface area contributed by atoms with E-state index in [1.165, 1.54) is 6.07 Å². The summed E-state index contributed by atoms with van der Waals surface area (Å²) in [4.78, 5) is 12.2. The number of amides is 1. The highest BCUT2D eigenvalue weighted by molar-refractivity contribution is 9.10. The standard InChI is InChI=1S/C13H9BrFN3O/c14-7-4-6-9(5-8(7)15)17-18-11-10(6)13(2-1-3-13)12(19)16-11/h4-5H,1-3H2,(H,16,18,19). The molecule has 96 valence electrons. The molecule has 6 heteroatoms. The molecule has 0 atom stereocenters. The molecule has 19 heavy (non-hydrogen) atoms. The summed E-state index contributed by atoms with van der Waals surface area (Å²) < 4.78 is 13.9. The Bertz CT molecular complexity index is 742. The molecule has 1 saturated carbocycles. The van der Waals surface area contributed by atoms with Gasteiger partial charge in [0.15, 0.2) is 5.82 Å². The van der Waals surface area contributed by atoms with Crippen molar-refractivity contribution in [3.8, 4) is 0 Å². The molecule has 2 aliphatic rings. The fourth-order valence-corrected chi connectivity index (χ4v) is 3.36. The fraction of sp³-hybridized carbons (Fsp3) is 0.308. The molecule has 1 spiro atoms. The lowest BCUT2D eigenvalue weighted by Crippen LogP contribution is -2.40. The minimum Gasteiger partial charge on any atom is -0.308 e. The van der Waals surface area contributed by atoms with Crippen molar-refractivity contribution < 1.29 is 9.18 Å². The largest absolute Gasteiger partial charge is 0.308 e. The number of nitrogens with one attached hydrogen (secondary N) is 1.